The quantitative estimate of drug-likeness (QED) is 0.829. The molecule has 2 unspecified atom stereocenters. The maximum absolute atomic E-state index is 9.62. The summed E-state index contributed by atoms with van der Waals surface area (Å²) in [5.74, 6) is 1.99. The van der Waals surface area contributed by atoms with Crippen molar-refractivity contribution in [3.05, 3.63) is 12.3 Å². The van der Waals surface area contributed by atoms with Crippen LogP contribution in [0, 0.1) is 5.92 Å². The van der Waals surface area contributed by atoms with E-state index in [2.05, 4.69) is 27.1 Å². The predicted molar refractivity (Wildman–Crippen MR) is 72.8 cm³/mol. The highest BCUT2D eigenvalue weighted by Gasteiger charge is 2.26. The smallest absolute Gasteiger partial charge is 0.224 e. The highest BCUT2D eigenvalue weighted by molar-refractivity contribution is 5.43. The van der Waals surface area contributed by atoms with Crippen molar-refractivity contribution >= 4 is 11.8 Å². The van der Waals surface area contributed by atoms with Gasteiger partial charge >= 0.3 is 0 Å². The normalized spacial score (nSPS) is 21.1. The lowest BCUT2D eigenvalue weighted by atomic mass is 10.0. The second-order valence-electron chi connectivity index (χ2n) is 4.90. The van der Waals surface area contributed by atoms with Crippen LogP contribution in [0.2, 0.25) is 0 Å². The number of nitrogens with one attached hydrogen (secondary N) is 1. The van der Waals surface area contributed by atoms with Crippen LogP contribution >= 0.6 is 0 Å². The summed E-state index contributed by atoms with van der Waals surface area (Å²) >= 11 is 0. The third-order valence-electron chi connectivity index (χ3n) is 3.40. The van der Waals surface area contributed by atoms with E-state index in [1.54, 1.807) is 6.20 Å². The number of hydrogen-bond donors (Lipinski definition) is 2. The molecule has 2 rings (SSSR count). The molecule has 1 aliphatic heterocycles. The van der Waals surface area contributed by atoms with Crippen molar-refractivity contribution < 1.29 is 5.11 Å². The summed E-state index contributed by atoms with van der Waals surface area (Å²) in [5, 5.41) is 12.8. The van der Waals surface area contributed by atoms with E-state index in [9.17, 15) is 5.11 Å². The number of aromatic nitrogens is 2. The molecule has 2 heterocycles. The van der Waals surface area contributed by atoms with Crippen molar-refractivity contribution in [1.29, 1.82) is 0 Å². The number of aliphatic hydroxyl groups excluding tert-OH is 1. The fraction of sp³-hybridized carbons (Fsp3) is 0.692. The maximum atomic E-state index is 9.62. The van der Waals surface area contributed by atoms with Gasteiger partial charge in [0.15, 0.2) is 0 Å². The Bertz CT molecular complexity index is 383. The molecular weight excluding hydrogens is 228 g/mol. The Hall–Kier alpha value is -1.36. The van der Waals surface area contributed by atoms with Crippen LogP contribution in [-0.2, 0) is 0 Å². The lowest BCUT2D eigenvalue weighted by molar-refractivity contribution is 0.136. The first-order chi connectivity index (χ1) is 8.70. The van der Waals surface area contributed by atoms with E-state index in [1.165, 1.54) is 0 Å². The molecule has 0 aromatic carbocycles. The molecule has 0 spiro atoms. The minimum Gasteiger partial charge on any atom is -0.393 e. The minimum atomic E-state index is -0.241. The average molecular weight is 250 g/mol. The van der Waals surface area contributed by atoms with Crippen molar-refractivity contribution in [1.82, 2.24) is 9.97 Å². The van der Waals surface area contributed by atoms with Gasteiger partial charge in [-0.05, 0) is 25.8 Å². The highest BCUT2D eigenvalue weighted by atomic mass is 16.3. The first-order valence-electron chi connectivity index (χ1n) is 6.70. The first-order valence-corrected chi connectivity index (χ1v) is 6.70. The monoisotopic (exact) mass is 250 g/mol. The standard InChI is InChI=1S/C13H22N4O/c1-3-6-14-13-15-7-4-12(16-13)17-8-5-11(9-17)10(2)18/h4,7,10-11,18H,3,5-6,8-9H2,1-2H3,(H,14,15,16). The van der Waals surface area contributed by atoms with E-state index in [4.69, 9.17) is 0 Å². The largest absolute Gasteiger partial charge is 0.393 e. The summed E-state index contributed by atoms with van der Waals surface area (Å²) in [5.41, 5.74) is 0. The van der Waals surface area contributed by atoms with Gasteiger partial charge in [0.25, 0.3) is 0 Å². The number of rotatable bonds is 5. The van der Waals surface area contributed by atoms with Gasteiger partial charge in [-0.2, -0.15) is 4.98 Å². The number of aliphatic hydroxyl groups is 1. The summed E-state index contributed by atoms with van der Waals surface area (Å²) in [6.07, 6.45) is 3.63. The lowest BCUT2D eigenvalue weighted by Gasteiger charge is -2.19. The molecule has 0 bridgehead atoms. The van der Waals surface area contributed by atoms with Gasteiger partial charge in [-0.25, -0.2) is 4.98 Å². The van der Waals surface area contributed by atoms with Crippen LogP contribution < -0.4 is 10.2 Å². The molecule has 1 aromatic rings. The van der Waals surface area contributed by atoms with E-state index in [1.807, 2.05) is 13.0 Å². The van der Waals surface area contributed by atoms with Crippen LogP contribution in [0.5, 0.6) is 0 Å². The van der Waals surface area contributed by atoms with Gasteiger partial charge in [-0.3, -0.25) is 0 Å². The Morgan fingerprint density at radius 1 is 1.61 bits per heavy atom. The van der Waals surface area contributed by atoms with Crippen LogP contribution in [-0.4, -0.2) is 40.8 Å². The number of nitrogens with zero attached hydrogens (tertiary/aromatic N) is 3. The van der Waals surface area contributed by atoms with E-state index in [0.29, 0.717) is 11.9 Å². The van der Waals surface area contributed by atoms with Crippen LogP contribution in [0.15, 0.2) is 12.3 Å². The molecule has 5 nitrogen and oxygen atoms in total. The molecule has 0 saturated carbocycles. The highest BCUT2D eigenvalue weighted by Crippen LogP contribution is 2.24. The SMILES string of the molecule is CCCNc1nccc(N2CCC(C(C)O)C2)n1. The molecule has 2 atom stereocenters. The third kappa shape index (κ3) is 3.10. The van der Waals surface area contributed by atoms with Gasteiger partial charge in [-0.1, -0.05) is 6.92 Å². The molecule has 1 saturated heterocycles. The Kier molecular flexibility index (Phi) is 4.36. The topological polar surface area (TPSA) is 61.3 Å². The van der Waals surface area contributed by atoms with Crippen LogP contribution in [0.4, 0.5) is 11.8 Å². The summed E-state index contributed by atoms with van der Waals surface area (Å²) in [6.45, 7) is 6.70. The third-order valence-corrected chi connectivity index (χ3v) is 3.40. The van der Waals surface area contributed by atoms with Gasteiger partial charge in [0.05, 0.1) is 6.10 Å². The summed E-state index contributed by atoms with van der Waals surface area (Å²) in [7, 11) is 0. The van der Waals surface area contributed by atoms with Crippen molar-refractivity contribution in [2.24, 2.45) is 5.92 Å². The molecule has 1 fully saturated rings. The van der Waals surface area contributed by atoms with E-state index >= 15 is 0 Å². The number of anilines is 2. The summed E-state index contributed by atoms with van der Waals surface area (Å²) in [6, 6.07) is 1.93. The Balaban J connectivity index is 2.01. The summed E-state index contributed by atoms with van der Waals surface area (Å²) < 4.78 is 0. The average Bonchev–Trinajstić information content (AvgIpc) is 2.86. The zero-order chi connectivity index (χ0) is 13.0. The van der Waals surface area contributed by atoms with Crippen LogP contribution in [0.3, 0.4) is 0 Å². The molecule has 0 radical (unpaired) electrons. The Morgan fingerprint density at radius 2 is 2.44 bits per heavy atom. The lowest BCUT2D eigenvalue weighted by Crippen LogP contribution is -2.24. The molecule has 100 valence electrons. The molecule has 1 aromatic heterocycles. The van der Waals surface area contributed by atoms with Gasteiger partial charge < -0.3 is 15.3 Å². The van der Waals surface area contributed by atoms with Crippen molar-refractivity contribution in [2.45, 2.75) is 32.8 Å². The first kappa shape index (κ1) is 13.1. The molecular formula is C13H22N4O. The van der Waals surface area contributed by atoms with Crippen molar-refractivity contribution in [2.75, 3.05) is 29.9 Å². The molecule has 18 heavy (non-hydrogen) atoms. The van der Waals surface area contributed by atoms with E-state index in [0.717, 1.165) is 38.3 Å². The second-order valence-corrected chi connectivity index (χ2v) is 4.90. The molecule has 2 N–H and O–H groups in total. The van der Waals surface area contributed by atoms with Crippen LogP contribution in [0.1, 0.15) is 26.7 Å². The van der Waals surface area contributed by atoms with E-state index < -0.39 is 0 Å². The fourth-order valence-corrected chi connectivity index (χ4v) is 2.24. The molecule has 5 heteroatoms. The van der Waals surface area contributed by atoms with Gasteiger partial charge in [-0.15, -0.1) is 0 Å². The number of hydrogen-bond acceptors (Lipinski definition) is 5. The predicted octanol–water partition coefficient (Wildman–Crippen LogP) is 1.51. The summed E-state index contributed by atoms with van der Waals surface area (Å²) in [4.78, 5) is 10.9. The molecule has 0 aliphatic carbocycles. The van der Waals surface area contributed by atoms with Crippen LogP contribution in [0.25, 0.3) is 0 Å². The zero-order valence-corrected chi connectivity index (χ0v) is 11.1. The zero-order valence-electron chi connectivity index (χ0n) is 11.1. The Labute approximate surface area is 108 Å². The fourth-order valence-electron chi connectivity index (χ4n) is 2.24. The maximum Gasteiger partial charge on any atom is 0.224 e. The minimum absolute atomic E-state index is 0.241. The second kappa shape index (κ2) is 6.00. The Morgan fingerprint density at radius 3 is 3.11 bits per heavy atom. The molecule has 0 amide bonds. The van der Waals surface area contributed by atoms with Gasteiger partial charge in [0.1, 0.15) is 5.82 Å². The van der Waals surface area contributed by atoms with Gasteiger partial charge in [0.2, 0.25) is 5.95 Å². The van der Waals surface area contributed by atoms with Crippen molar-refractivity contribution in [3.8, 4) is 0 Å². The van der Waals surface area contributed by atoms with E-state index in [-0.39, 0.29) is 6.10 Å². The van der Waals surface area contributed by atoms with Crippen molar-refractivity contribution in [3.63, 3.8) is 0 Å². The molecule has 1 aliphatic rings. The van der Waals surface area contributed by atoms with Gasteiger partial charge in [0, 0.05) is 31.7 Å².